The van der Waals surface area contributed by atoms with E-state index in [4.69, 9.17) is 9.47 Å². The quantitative estimate of drug-likeness (QED) is 0.587. The minimum atomic E-state index is -0.754. The van der Waals surface area contributed by atoms with Crippen LogP contribution in [0, 0.1) is 6.92 Å². The molecule has 2 aromatic carbocycles. The summed E-state index contributed by atoms with van der Waals surface area (Å²) in [6.45, 7) is 2.83. The van der Waals surface area contributed by atoms with E-state index in [2.05, 4.69) is 10.4 Å². The molecule has 0 spiro atoms. The van der Waals surface area contributed by atoms with Crippen molar-refractivity contribution < 1.29 is 14.3 Å². The molecule has 1 fully saturated rings. The number of hydrogen-bond acceptors (Lipinski definition) is 6. The molecule has 1 amide bonds. The molecule has 1 aliphatic rings. The molecule has 0 aliphatic carbocycles. The molecule has 1 unspecified atom stereocenters. The summed E-state index contributed by atoms with van der Waals surface area (Å²) in [6.07, 6.45) is 1.69. The lowest BCUT2D eigenvalue weighted by atomic mass is 10.2. The number of nitrogens with one attached hydrogen (secondary N) is 1. The van der Waals surface area contributed by atoms with Gasteiger partial charge < -0.3 is 14.8 Å². The van der Waals surface area contributed by atoms with Crippen LogP contribution in [-0.4, -0.2) is 46.6 Å². The lowest BCUT2D eigenvalue weighted by Gasteiger charge is -2.14. The Morgan fingerprint density at radius 2 is 2.00 bits per heavy atom. The third-order valence-electron chi connectivity index (χ3n) is 5.54. The highest BCUT2D eigenvalue weighted by Crippen LogP contribution is 2.13. The molecule has 9 heteroatoms. The van der Waals surface area contributed by atoms with Gasteiger partial charge >= 0.3 is 5.69 Å². The fourth-order valence-electron chi connectivity index (χ4n) is 3.70. The van der Waals surface area contributed by atoms with Crippen LogP contribution in [0.15, 0.2) is 58.1 Å². The van der Waals surface area contributed by atoms with Crippen molar-refractivity contribution in [1.29, 1.82) is 0 Å². The highest BCUT2D eigenvalue weighted by Gasteiger charge is 2.22. The largest absolute Gasteiger partial charge is 0.497 e. The summed E-state index contributed by atoms with van der Waals surface area (Å²) in [5, 5.41) is 6.87. The van der Waals surface area contributed by atoms with Gasteiger partial charge in [0.1, 0.15) is 5.75 Å². The zero-order valence-electron chi connectivity index (χ0n) is 18.6. The number of rotatable bonds is 7. The average Bonchev–Trinajstić information content (AvgIpc) is 3.35. The van der Waals surface area contributed by atoms with Gasteiger partial charge in [-0.2, -0.15) is 9.78 Å². The summed E-state index contributed by atoms with van der Waals surface area (Å²) in [7, 11) is 1.54. The first-order valence-corrected chi connectivity index (χ1v) is 10.8. The van der Waals surface area contributed by atoms with Gasteiger partial charge in [-0.25, -0.2) is 4.79 Å². The average molecular weight is 450 g/mol. The predicted octanol–water partition coefficient (Wildman–Crippen LogP) is 1.67. The Morgan fingerprint density at radius 3 is 2.70 bits per heavy atom. The summed E-state index contributed by atoms with van der Waals surface area (Å²) in [5.74, 6) is -0.0428. The summed E-state index contributed by atoms with van der Waals surface area (Å²) in [6, 6.07) is 14.2. The van der Waals surface area contributed by atoms with Gasteiger partial charge in [-0.05, 0) is 49.6 Å². The number of aryl methyl sites for hydroxylation is 1. The number of nitrogens with zero attached hydrogens (tertiary/aromatic N) is 3. The SMILES string of the molecule is COc1cccc(Cn2c(=O)c(C(=O)NCC3CCCO3)nn(-c3ccc(C)cc3)c2=O)c1. The Bertz CT molecular complexity index is 1260. The molecule has 1 aliphatic heterocycles. The zero-order valence-corrected chi connectivity index (χ0v) is 18.6. The number of ether oxygens (including phenoxy) is 2. The van der Waals surface area contributed by atoms with E-state index >= 15 is 0 Å². The molecule has 3 aromatic rings. The van der Waals surface area contributed by atoms with Crippen LogP contribution in [0.4, 0.5) is 0 Å². The molecule has 172 valence electrons. The maximum Gasteiger partial charge on any atom is 0.352 e. The number of benzene rings is 2. The van der Waals surface area contributed by atoms with Crippen molar-refractivity contribution in [3.63, 3.8) is 0 Å². The summed E-state index contributed by atoms with van der Waals surface area (Å²) < 4.78 is 12.9. The Kier molecular flexibility index (Phi) is 6.69. The van der Waals surface area contributed by atoms with E-state index in [9.17, 15) is 14.4 Å². The smallest absolute Gasteiger partial charge is 0.352 e. The van der Waals surface area contributed by atoms with Crippen molar-refractivity contribution in [2.45, 2.75) is 32.4 Å². The Morgan fingerprint density at radius 1 is 1.21 bits per heavy atom. The van der Waals surface area contributed by atoms with E-state index in [0.29, 0.717) is 23.6 Å². The van der Waals surface area contributed by atoms with Gasteiger partial charge in [0.25, 0.3) is 11.5 Å². The van der Waals surface area contributed by atoms with Gasteiger partial charge in [0.2, 0.25) is 5.69 Å². The molecule has 1 aromatic heterocycles. The maximum absolute atomic E-state index is 13.3. The zero-order chi connectivity index (χ0) is 23.4. The van der Waals surface area contributed by atoms with Crippen LogP contribution in [0.1, 0.15) is 34.5 Å². The van der Waals surface area contributed by atoms with Gasteiger partial charge in [-0.1, -0.05) is 29.8 Å². The van der Waals surface area contributed by atoms with Gasteiger partial charge in [-0.3, -0.25) is 14.2 Å². The van der Waals surface area contributed by atoms with Crippen LogP contribution in [0.25, 0.3) is 5.69 Å². The minimum absolute atomic E-state index is 0.0325. The predicted molar refractivity (Wildman–Crippen MR) is 122 cm³/mol. The van der Waals surface area contributed by atoms with Gasteiger partial charge in [-0.15, -0.1) is 0 Å². The van der Waals surface area contributed by atoms with Crippen LogP contribution >= 0.6 is 0 Å². The van der Waals surface area contributed by atoms with Gasteiger partial charge in [0, 0.05) is 13.2 Å². The molecule has 0 radical (unpaired) electrons. The van der Waals surface area contributed by atoms with E-state index < -0.39 is 17.2 Å². The molecular formula is C24H26N4O5. The Labute approximate surface area is 190 Å². The van der Waals surface area contributed by atoms with E-state index in [0.717, 1.165) is 27.7 Å². The van der Waals surface area contributed by atoms with Crippen molar-refractivity contribution in [3.8, 4) is 11.4 Å². The summed E-state index contributed by atoms with van der Waals surface area (Å²) in [5.41, 5.74) is 0.402. The van der Waals surface area contributed by atoms with Gasteiger partial charge in [0.15, 0.2) is 0 Å². The lowest BCUT2D eigenvalue weighted by Crippen LogP contribution is -2.46. The lowest BCUT2D eigenvalue weighted by molar-refractivity contribution is 0.0849. The molecule has 0 saturated carbocycles. The number of carbonyl (C=O) groups is 1. The molecule has 9 nitrogen and oxygen atoms in total. The second kappa shape index (κ2) is 9.83. The monoisotopic (exact) mass is 450 g/mol. The standard InChI is InChI=1S/C24H26N4O5/c1-16-8-10-18(11-9-16)28-24(31)27(15-17-5-3-6-19(13-17)32-2)23(30)21(26-28)22(29)25-14-20-7-4-12-33-20/h3,5-6,8-11,13,20H,4,7,12,14-15H2,1-2H3,(H,25,29). The third-order valence-corrected chi connectivity index (χ3v) is 5.54. The van der Waals surface area contributed by atoms with Crippen LogP contribution < -0.4 is 21.3 Å². The summed E-state index contributed by atoms with van der Waals surface area (Å²) >= 11 is 0. The third kappa shape index (κ3) is 5.04. The molecular weight excluding hydrogens is 424 g/mol. The number of carbonyl (C=O) groups excluding carboxylic acids is 1. The minimum Gasteiger partial charge on any atom is -0.497 e. The summed E-state index contributed by atoms with van der Waals surface area (Å²) in [4.78, 5) is 39.3. The molecule has 1 saturated heterocycles. The second-order valence-electron chi connectivity index (χ2n) is 7.97. The maximum atomic E-state index is 13.3. The van der Waals surface area contributed by atoms with Crippen molar-refractivity contribution in [2.24, 2.45) is 0 Å². The number of amides is 1. The first-order chi connectivity index (χ1) is 16.0. The number of hydrogen-bond donors (Lipinski definition) is 1. The number of aromatic nitrogens is 3. The topological polar surface area (TPSA) is 104 Å². The fourth-order valence-corrected chi connectivity index (χ4v) is 3.70. The normalized spacial score (nSPS) is 15.4. The molecule has 0 bridgehead atoms. The highest BCUT2D eigenvalue weighted by molar-refractivity contribution is 5.91. The Hall–Kier alpha value is -3.72. The first kappa shape index (κ1) is 22.5. The number of methoxy groups -OCH3 is 1. The Balaban J connectivity index is 1.76. The van der Waals surface area contributed by atoms with E-state index in [1.165, 1.54) is 0 Å². The van der Waals surface area contributed by atoms with Crippen LogP contribution in [0.3, 0.4) is 0 Å². The van der Waals surface area contributed by atoms with Gasteiger partial charge in [0.05, 0.1) is 25.4 Å². The van der Waals surface area contributed by atoms with E-state index in [1.54, 1.807) is 43.5 Å². The van der Waals surface area contributed by atoms with Crippen LogP contribution in [0.2, 0.25) is 0 Å². The fraction of sp³-hybridized carbons (Fsp3) is 0.333. The van der Waals surface area contributed by atoms with Crippen molar-refractivity contribution in [3.05, 3.63) is 86.2 Å². The first-order valence-electron chi connectivity index (χ1n) is 10.8. The van der Waals surface area contributed by atoms with Crippen LogP contribution in [0.5, 0.6) is 5.75 Å². The molecule has 1 N–H and O–H groups in total. The van der Waals surface area contributed by atoms with Crippen LogP contribution in [-0.2, 0) is 11.3 Å². The molecule has 2 heterocycles. The molecule has 4 rings (SSSR count). The van der Waals surface area contributed by atoms with E-state index in [1.807, 2.05) is 19.1 Å². The second-order valence-corrected chi connectivity index (χ2v) is 7.97. The highest BCUT2D eigenvalue weighted by atomic mass is 16.5. The molecule has 1 atom stereocenters. The molecule has 33 heavy (non-hydrogen) atoms. The van der Waals surface area contributed by atoms with E-state index in [-0.39, 0.29) is 24.9 Å². The van der Waals surface area contributed by atoms with Crippen molar-refractivity contribution in [2.75, 3.05) is 20.3 Å². The van der Waals surface area contributed by atoms with Crippen molar-refractivity contribution in [1.82, 2.24) is 19.7 Å². The van der Waals surface area contributed by atoms with Crippen molar-refractivity contribution >= 4 is 5.91 Å².